The van der Waals surface area contributed by atoms with Gasteiger partial charge in [-0.2, -0.15) is 4.98 Å². The molecular formula is C17H14N2O3. The fourth-order valence-electron chi connectivity index (χ4n) is 2.36. The molecule has 22 heavy (non-hydrogen) atoms. The first-order chi connectivity index (χ1) is 10.6. The maximum Gasteiger partial charge on any atom is 0.272 e. The lowest BCUT2D eigenvalue weighted by molar-refractivity contribution is 0.111. The third-order valence-electron chi connectivity index (χ3n) is 3.26. The summed E-state index contributed by atoms with van der Waals surface area (Å²) in [5, 5.41) is 0. The van der Waals surface area contributed by atoms with Gasteiger partial charge in [0.1, 0.15) is 17.0 Å². The molecule has 0 saturated carbocycles. The predicted molar refractivity (Wildman–Crippen MR) is 82.8 cm³/mol. The van der Waals surface area contributed by atoms with E-state index in [0.29, 0.717) is 17.7 Å². The van der Waals surface area contributed by atoms with Crippen LogP contribution in [0.15, 0.2) is 47.4 Å². The molecule has 2 aromatic heterocycles. The highest BCUT2D eigenvalue weighted by Gasteiger charge is 2.14. The molecule has 110 valence electrons. The fourth-order valence-corrected chi connectivity index (χ4v) is 2.36. The average Bonchev–Trinajstić information content (AvgIpc) is 2.46. The van der Waals surface area contributed by atoms with Gasteiger partial charge in [0, 0.05) is 6.20 Å². The van der Waals surface area contributed by atoms with Gasteiger partial charge in [-0.1, -0.05) is 12.1 Å². The van der Waals surface area contributed by atoms with Gasteiger partial charge < -0.3 is 4.74 Å². The number of aromatic nitrogens is 2. The zero-order valence-electron chi connectivity index (χ0n) is 12.2. The van der Waals surface area contributed by atoms with Crippen LogP contribution in [-0.2, 0) is 0 Å². The molecule has 0 fully saturated rings. The van der Waals surface area contributed by atoms with Crippen LogP contribution in [0.25, 0.3) is 5.65 Å². The Balaban J connectivity index is 2.17. The second-order valence-corrected chi connectivity index (χ2v) is 5.11. The van der Waals surface area contributed by atoms with E-state index in [4.69, 9.17) is 4.74 Å². The van der Waals surface area contributed by atoms with Crippen molar-refractivity contribution >= 4 is 11.9 Å². The molecule has 0 amide bonds. The quantitative estimate of drug-likeness (QED) is 0.697. The van der Waals surface area contributed by atoms with Crippen LogP contribution < -0.4 is 10.3 Å². The smallest absolute Gasteiger partial charge is 0.272 e. The van der Waals surface area contributed by atoms with Crippen LogP contribution in [0, 0.1) is 13.8 Å². The van der Waals surface area contributed by atoms with E-state index in [1.807, 2.05) is 32.0 Å². The normalized spacial score (nSPS) is 10.6. The lowest BCUT2D eigenvalue weighted by Crippen LogP contribution is -2.20. The van der Waals surface area contributed by atoms with Gasteiger partial charge in [0.2, 0.25) is 5.88 Å². The fraction of sp³-hybridized carbons (Fsp3) is 0.118. The highest BCUT2D eigenvalue weighted by Crippen LogP contribution is 2.23. The minimum Gasteiger partial charge on any atom is -0.438 e. The Kier molecular flexibility index (Phi) is 3.47. The van der Waals surface area contributed by atoms with Gasteiger partial charge in [0.05, 0.1) is 0 Å². The molecule has 2 heterocycles. The topological polar surface area (TPSA) is 60.7 Å². The zero-order chi connectivity index (χ0) is 15.7. The van der Waals surface area contributed by atoms with E-state index in [1.54, 1.807) is 24.4 Å². The van der Waals surface area contributed by atoms with E-state index in [2.05, 4.69) is 4.98 Å². The largest absolute Gasteiger partial charge is 0.438 e. The number of nitrogens with zero attached hydrogens (tertiary/aromatic N) is 2. The third kappa shape index (κ3) is 2.48. The van der Waals surface area contributed by atoms with E-state index >= 15 is 0 Å². The number of hydrogen-bond donors (Lipinski definition) is 0. The molecule has 3 rings (SSSR count). The molecule has 0 N–H and O–H groups in total. The van der Waals surface area contributed by atoms with Gasteiger partial charge in [0.25, 0.3) is 5.56 Å². The Hall–Kier alpha value is -2.95. The lowest BCUT2D eigenvalue weighted by atomic mass is 10.1. The Morgan fingerprint density at radius 2 is 1.86 bits per heavy atom. The Bertz CT molecular complexity index is 909. The summed E-state index contributed by atoms with van der Waals surface area (Å²) in [6, 6.07) is 10.8. The molecule has 0 bridgehead atoms. The van der Waals surface area contributed by atoms with Crippen molar-refractivity contribution in [1.82, 2.24) is 9.38 Å². The summed E-state index contributed by atoms with van der Waals surface area (Å²) in [5.41, 5.74) is 1.95. The van der Waals surface area contributed by atoms with Crippen LogP contribution in [0.3, 0.4) is 0 Å². The number of pyridine rings is 1. The summed E-state index contributed by atoms with van der Waals surface area (Å²) in [6.07, 6.45) is 2.05. The van der Waals surface area contributed by atoms with Crippen molar-refractivity contribution in [2.75, 3.05) is 0 Å². The molecule has 5 nitrogen and oxygen atoms in total. The molecule has 1 aromatic carbocycles. The molecule has 0 atom stereocenters. The van der Waals surface area contributed by atoms with Gasteiger partial charge >= 0.3 is 0 Å². The summed E-state index contributed by atoms with van der Waals surface area (Å²) >= 11 is 0. The molecule has 0 aliphatic rings. The van der Waals surface area contributed by atoms with E-state index < -0.39 is 5.56 Å². The molecule has 0 radical (unpaired) electrons. The van der Waals surface area contributed by atoms with E-state index in [9.17, 15) is 9.59 Å². The minimum atomic E-state index is -0.444. The van der Waals surface area contributed by atoms with Crippen molar-refractivity contribution in [3.05, 3.63) is 69.6 Å². The van der Waals surface area contributed by atoms with Crippen molar-refractivity contribution < 1.29 is 9.53 Å². The Morgan fingerprint density at radius 1 is 1.14 bits per heavy atom. The number of hydrogen-bond acceptors (Lipinski definition) is 4. The van der Waals surface area contributed by atoms with Crippen LogP contribution in [0.1, 0.15) is 21.5 Å². The van der Waals surface area contributed by atoms with Crippen LogP contribution in [0.5, 0.6) is 11.6 Å². The number of fused-ring (bicyclic) bond motifs is 1. The second kappa shape index (κ2) is 5.44. The van der Waals surface area contributed by atoms with E-state index in [-0.39, 0.29) is 11.4 Å². The van der Waals surface area contributed by atoms with Crippen molar-refractivity contribution in [3.63, 3.8) is 0 Å². The van der Waals surface area contributed by atoms with Crippen LogP contribution in [0.2, 0.25) is 0 Å². The first-order valence-electron chi connectivity index (χ1n) is 6.81. The monoisotopic (exact) mass is 294 g/mol. The third-order valence-corrected chi connectivity index (χ3v) is 3.26. The van der Waals surface area contributed by atoms with Crippen molar-refractivity contribution in [3.8, 4) is 11.6 Å². The standard InChI is InChI=1S/C17H14N2O3/c1-11-7-12(2)9-13(8-11)22-16-14(10-20)17(21)19-6-4-3-5-15(19)18-16/h3-10H,1-2H3. The maximum atomic E-state index is 12.3. The second-order valence-electron chi connectivity index (χ2n) is 5.11. The summed E-state index contributed by atoms with van der Waals surface area (Å²) in [7, 11) is 0. The molecule has 0 saturated heterocycles. The first kappa shape index (κ1) is 14.0. The molecular weight excluding hydrogens is 280 g/mol. The highest BCUT2D eigenvalue weighted by atomic mass is 16.5. The maximum absolute atomic E-state index is 12.3. The SMILES string of the molecule is Cc1cc(C)cc(Oc2nc3ccccn3c(=O)c2C=O)c1. The highest BCUT2D eigenvalue weighted by molar-refractivity contribution is 5.78. The molecule has 0 aliphatic carbocycles. The number of carbonyl (C=O) groups excluding carboxylic acids is 1. The first-order valence-corrected chi connectivity index (χ1v) is 6.81. The number of benzene rings is 1. The van der Waals surface area contributed by atoms with Crippen molar-refractivity contribution in [2.24, 2.45) is 0 Å². The summed E-state index contributed by atoms with van der Waals surface area (Å²) in [4.78, 5) is 27.9. The molecule has 0 unspecified atom stereocenters. The predicted octanol–water partition coefficient (Wildman–Crippen LogP) is 2.92. The Labute approximate surface area is 126 Å². The van der Waals surface area contributed by atoms with Crippen LogP contribution in [0.4, 0.5) is 0 Å². The summed E-state index contributed by atoms with van der Waals surface area (Å²) < 4.78 is 7.01. The van der Waals surface area contributed by atoms with Crippen LogP contribution in [-0.4, -0.2) is 15.7 Å². The van der Waals surface area contributed by atoms with Crippen molar-refractivity contribution in [1.29, 1.82) is 0 Å². The van der Waals surface area contributed by atoms with E-state index in [0.717, 1.165) is 11.1 Å². The van der Waals surface area contributed by atoms with Gasteiger partial charge in [0.15, 0.2) is 6.29 Å². The molecule has 5 heteroatoms. The van der Waals surface area contributed by atoms with E-state index in [1.165, 1.54) is 4.40 Å². The minimum absolute atomic E-state index is 0.0243. The average molecular weight is 294 g/mol. The number of aryl methyl sites for hydroxylation is 2. The molecule has 3 aromatic rings. The van der Waals surface area contributed by atoms with Gasteiger partial charge in [-0.3, -0.25) is 14.0 Å². The van der Waals surface area contributed by atoms with Gasteiger partial charge in [-0.25, -0.2) is 0 Å². The number of ether oxygens (including phenoxy) is 1. The van der Waals surface area contributed by atoms with Gasteiger partial charge in [-0.15, -0.1) is 0 Å². The Morgan fingerprint density at radius 3 is 2.55 bits per heavy atom. The number of rotatable bonds is 3. The number of aldehydes is 1. The summed E-state index contributed by atoms with van der Waals surface area (Å²) in [5.74, 6) is 0.573. The summed E-state index contributed by atoms with van der Waals surface area (Å²) in [6.45, 7) is 3.90. The molecule has 0 aliphatic heterocycles. The lowest BCUT2D eigenvalue weighted by Gasteiger charge is -2.10. The van der Waals surface area contributed by atoms with Gasteiger partial charge in [-0.05, 0) is 49.2 Å². The molecule has 0 spiro atoms. The van der Waals surface area contributed by atoms with Crippen LogP contribution >= 0.6 is 0 Å². The number of carbonyl (C=O) groups is 1. The van der Waals surface area contributed by atoms with Crippen molar-refractivity contribution in [2.45, 2.75) is 13.8 Å². The zero-order valence-corrected chi connectivity index (χ0v) is 12.2.